The molecule has 0 saturated carbocycles. The summed E-state index contributed by atoms with van der Waals surface area (Å²) in [7, 11) is 1.91. The molecule has 0 saturated heterocycles. The molecule has 0 atom stereocenters. The highest BCUT2D eigenvalue weighted by Gasteiger charge is 2.34. The van der Waals surface area contributed by atoms with Crippen molar-refractivity contribution in [3.63, 3.8) is 0 Å². The van der Waals surface area contributed by atoms with Crippen LogP contribution in [0.5, 0.6) is 5.88 Å². The van der Waals surface area contributed by atoms with Crippen molar-refractivity contribution in [2.45, 2.75) is 32.4 Å². The van der Waals surface area contributed by atoms with Gasteiger partial charge in [-0.25, -0.2) is 13.6 Å². The molecule has 0 bridgehead atoms. The highest BCUT2D eigenvalue weighted by atomic mass is 19.1. The zero-order valence-electron chi connectivity index (χ0n) is 13.8. The first-order chi connectivity index (χ1) is 11.3. The predicted octanol–water partition coefficient (Wildman–Crippen LogP) is 2.37. The molecule has 0 aliphatic carbocycles. The molecule has 0 radical (unpaired) electrons. The summed E-state index contributed by atoms with van der Waals surface area (Å²) in [4.78, 5) is 18.1. The first-order valence-electron chi connectivity index (χ1n) is 7.70. The molecular weight excluding hydrogens is 316 g/mol. The molecule has 0 N–H and O–H groups in total. The summed E-state index contributed by atoms with van der Waals surface area (Å²) in [5.74, 6) is -0.287. The third kappa shape index (κ3) is 3.11. The number of rotatable bonds is 4. The Balaban J connectivity index is 1.72. The van der Waals surface area contributed by atoms with Crippen molar-refractivity contribution in [1.82, 2.24) is 9.55 Å². The minimum atomic E-state index is -0.622. The summed E-state index contributed by atoms with van der Waals surface area (Å²) < 4.78 is 33.4. The van der Waals surface area contributed by atoms with Crippen molar-refractivity contribution in [3.8, 4) is 5.88 Å². The molecule has 1 aromatic heterocycles. The molecule has 5 nitrogen and oxygen atoms in total. The van der Waals surface area contributed by atoms with Crippen LogP contribution < -0.4 is 15.3 Å². The smallest absolute Gasteiger partial charge is 0.352 e. The third-order valence-corrected chi connectivity index (χ3v) is 4.33. The fourth-order valence-corrected chi connectivity index (χ4v) is 2.81. The van der Waals surface area contributed by atoms with E-state index in [9.17, 15) is 13.6 Å². The molecule has 2 heterocycles. The zero-order valence-corrected chi connectivity index (χ0v) is 13.8. The van der Waals surface area contributed by atoms with Crippen molar-refractivity contribution >= 4 is 5.82 Å². The number of likely N-dealkylation sites (N-methyl/N-ethyl adjacent to an activating group) is 1. The Bertz CT molecular complexity index is 813. The van der Waals surface area contributed by atoms with Crippen LogP contribution in [0.2, 0.25) is 0 Å². The Labute approximate surface area is 138 Å². The van der Waals surface area contributed by atoms with Crippen LogP contribution in [0.25, 0.3) is 0 Å². The predicted molar refractivity (Wildman–Crippen MR) is 86.5 cm³/mol. The number of hydrogen-bond acceptors (Lipinski definition) is 4. The maximum absolute atomic E-state index is 13.2. The van der Waals surface area contributed by atoms with Gasteiger partial charge in [0.2, 0.25) is 5.88 Å². The average Bonchev–Trinajstić information content (AvgIpc) is 2.70. The van der Waals surface area contributed by atoms with E-state index in [4.69, 9.17) is 4.74 Å². The molecule has 0 fully saturated rings. The van der Waals surface area contributed by atoms with E-state index in [-0.39, 0.29) is 23.7 Å². The van der Waals surface area contributed by atoms with E-state index in [1.165, 1.54) is 12.1 Å². The minimum absolute atomic E-state index is 0.173. The first kappa shape index (κ1) is 16.4. The average molecular weight is 335 g/mol. The standard InChI is InChI=1S/C17H19F2N3O2/c1-17(2)10-22-15(21(17)3)9-14(20-16(22)23)24-5-4-11-6-12(18)8-13(19)7-11/h6-9H,4-5,10H2,1-3H3. The van der Waals surface area contributed by atoms with Crippen LogP contribution in [0.1, 0.15) is 19.4 Å². The summed E-state index contributed by atoms with van der Waals surface area (Å²) in [6.07, 6.45) is 0.316. The number of fused-ring (bicyclic) bond motifs is 1. The van der Waals surface area contributed by atoms with Gasteiger partial charge in [0.25, 0.3) is 0 Å². The Hall–Kier alpha value is -2.44. The van der Waals surface area contributed by atoms with E-state index in [1.54, 1.807) is 10.6 Å². The minimum Gasteiger partial charge on any atom is -0.477 e. The van der Waals surface area contributed by atoms with E-state index in [0.717, 1.165) is 11.9 Å². The van der Waals surface area contributed by atoms with E-state index in [0.29, 0.717) is 18.5 Å². The van der Waals surface area contributed by atoms with Crippen molar-refractivity contribution < 1.29 is 13.5 Å². The highest BCUT2D eigenvalue weighted by molar-refractivity contribution is 5.47. The Morgan fingerprint density at radius 3 is 2.54 bits per heavy atom. The van der Waals surface area contributed by atoms with Crippen LogP contribution in [0.3, 0.4) is 0 Å². The molecule has 0 spiro atoms. The molecule has 0 unspecified atom stereocenters. The van der Waals surface area contributed by atoms with Gasteiger partial charge < -0.3 is 9.64 Å². The highest BCUT2D eigenvalue weighted by Crippen LogP contribution is 2.31. The molecule has 1 aromatic carbocycles. The Morgan fingerprint density at radius 1 is 1.21 bits per heavy atom. The lowest BCUT2D eigenvalue weighted by molar-refractivity contribution is 0.306. The number of hydrogen-bond donors (Lipinski definition) is 0. The van der Waals surface area contributed by atoms with Gasteiger partial charge in [-0.2, -0.15) is 4.98 Å². The fraction of sp³-hybridized carbons (Fsp3) is 0.412. The molecule has 1 aliphatic heterocycles. The van der Waals surface area contributed by atoms with E-state index < -0.39 is 11.6 Å². The molecule has 0 amide bonds. The lowest BCUT2D eigenvalue weighted by Crippen LogP contribution is -2.38. The quantitative estimate of drug-likeness (QED) is 0.861. The van der Waals surface area contributed by atoms with Crippen molar-refractivity contribution in [2.24, 2.45) is 0 Å². The number of nitrogens with zero attached hydrogens (tertiary/aromatic N) is 3. The Kier molecular flexibility index (Phi) is 4.03. The number of ether oxygens (including phenoxy) is 1. The van der Waals surface area contributed by atoms with Gasteiger partial charge in [0.15, 0.2) is 0 Å². The summed E-state index contributed by atoms with van der Waals surface area (Å²) in [5, 5.41) is 0. The van der Waals surface area contributed by atoms with Crippen molar-refractivity contribution in [3.05, 3.63) is 51.9 Å². The lowest BCUT2D eigenvalue weighted by atomic mass is 10.1. The summed E-state index contributed by atoms with van der Waals surface area (Å²) in [6.45, 7) is 4.82. The Morgan fingerprint density at radius 2 is 1.88 bits per heavy atom. The summed E-state index contributed by atoms with van der Waals surface area (Å²) >= 11 is 0. The van der Waals surface area contributed by atoms with Gasteiger partial charge in [-0.05, 0) is 31.5 Å². The fourth-order valence-electron chi connectivity index (χ4n) is 2.81. The number of benzene rings is 1. The van der Waals surface area contributed by atoms with E-state index in [1.807, 2.05) is 25.8 Å². The normalized spacial score (nSPS) is 15.5. The van der Waals surface area contributed by atoms with Crippen LogP contribution in [0, 0.1) is 11.6 Å². The topological polar surface area (TPSA) is 47.4 Å². The lowest BCUT2D eigenvalue weighted by Gasteiger charge is -2.28. The molecule has 2 aromatic rings. The second-order valence-corrected chi connectivity index (χ2v) is 6.57. The molecule has 3 rings (SSSR count). The molecule has 128 valence electrons. The van der Waals surface area contributed by atoms with Gasteiger partial charge in [0.1, 0.15) is 17.5 Å². The van der Waals surface area contributed by atoms with Crippen LogP contribution >= 0.6 is 0 Å². The van der Waals surface area contributed by atoms with Gasteiger partial charge in [-0.3, -0.25) is 4.57 Å². The summed E-state index contributed by atoms with van der Waals surface area (Å²) in [5.41, 5.74) is -0.0497. The maximum atomic E-state index is 13.2. The van der Waals surface area contributed by atoms with Gasteiger partial charge in [-0.15, -0.1) is 0 Å². The molecular formula is C17H19F2N3O2. The summed E-state index contributed by atoms with van der Waals surface area (Å²) in [6, 6.07) is 5.05. The monoisotopic (exact) mass is 335 g/mol. The van der Waals surface area contributed by atoms with Crippen LogP contribution in [-0.4, -0.2) is 28.7 Å². The SMILES string of the molecule is CN1c2cc(OCCc3cc(F)cc(F)c3)nc(=O)n2CC1(C)C. The third-order valence-electron chi connectivity index (χ3n) is 4.33. The van der Waals surface area contributed by atoms with Crippen molar-refractivity contribution in [1.29, 1.82) is 0 Å². The van der Waals surface area contributed by atoms with E-state index >= 15 is 0 Å². The van der Waals surface area contributed by atoms with Crippen LogP contribution in [0.4, 0.5) is 14.6 Å². The van der Waals surface area contributed by atoms with Crippen LogP contribution in [-0.2, 0) is 13.0 Å². The first-order valence-corrected chi connectivity index (χ1v) is 7.70. The maximum Gasteiger partial charge on any atom is 0.352 e. The van der Waals surface area contributed by atoms with Crippen LogP contribution in [0.15, 0.2) is 29.1 Å². The van der Waals surface area contributed by atoms with Gasteiger partial charge >= 0.3 is 5.69 Å². The molecule has 24 heavy (non-hydrogen) atoms. The molecule has 1 aliphatic rings. The second kappa shape index (κ2) is 5.89. The van der Waals surface area contributed by atoms with Crippen molar-refractivity contribution in [2.75, 3.05) is 18.6 Å². The molecule has 7 heteroatoms. The van der Waals surface area contributed by atoms with Gasteiger partial charge in [-0.1, -0.05) is 0 Å². The van der Waals surface area contributed by atoms with Gasteiger partial charge in [0.05, 0.1) is 18.7 Å². The largest absolute Gasteiger partial charge is 0.477 e. The van der Waals surface area contributed by atoms with E-state index in [2.05, 4.69) is 4.98 Å². The second-order valence-electron chi connectivity index (χ2n) is 6.57. The zero-order chi connectivity index (χ0) is 17.5. The number of anilines is 1. The van der Waals surface area contributed by atoms with Gasteiger partial charge in [0, 0.05) is 25.6 Å². The number of halogens is 2. The number of aromatic nitrogens is 2.